The fourth-order valence-electron chi connectivity index (χ4n) is 3.96. The molecule has 0 radical (unpaired) electrons. The molecule has 9 heteroatoms. The van der Waals surface area contributed by atoms with Gasteiger partial charge in [0.1, 0.15) is 17.1 Å². The zero-order chi connectivity index (χ0) is 25.6. The first kappa shape index (κ1) is 23.3. The summed E-state index contributed by atoms with van der Waals surface area (Å²) in [6.07, 6.45) is -4.51. The van der Waals surface area contributed by atoms with Gasteiger partial charge >= 0.3 is 6.18 Å². The number of methoxy groups -OCH3 is 1. The Morgan fingerprint density at radius 3 is 2.33 bits per heavy atom. The van der Waals surface area contributed by atoms with Crippen LogP contribution in [0.4, 0.5) is 27.6 Å². The molecule has 0 saturated carbocycles. The first-order chi connectivity index (χ1) is 17.2. The second-order valence-corrected chi connectivity index (χ2v) is 8.02. The van der Waals surface area contributed by atoms with Crippen LogP contribution >= 0.6 is 0 Å². The molecule has 0 spiro atoms. The number of hydrogen-bond donors (Lipinski definition) is 1. The zero-order valence-corrected chi connectivity index (χ0v) is 18.7. The number of rotatable bonds is 4. The lowest BCUT2D eigenvalue weighted by Crippen LogP contribution is -2.03. The van der Waals surface area contributed by atoms with Crippen molar-refractivity contribution in [1.29, 1.82) is 0 Å². The van der Waals surface area contributed by atoms with E-state index in [0.29, 0.717) is 16.7 Å². The average molecular weight is 496 g/mol. The van der Waals surface area contributed by atoms with Crippen LogP contribution in [0.5, 0.6) is 5.75 Å². The Labute approximate surface area is 201 Å². The molecule has 0 saturated heterocycles. The molecule has 0 amide bonds. The molecule has 36 heavy (non-hydrogen) atoms. The summed E-state index contributed by atoms with van der Waals surface area (Å²) in [7, 11) is 1.38. The van der Waals surface area contributed by atoms with Crippen LogP contribution in [-0.4, -0.2) is 12.1 Å². The quantitative estimate of drug-likeness (QED) is 0.204. The lowest BCUT2D eigenvalue weighted by molar-refractivity contribution is -0.137. The Hall–Kier alpha value is -4.40. The molecule has 4 nitrogen and oxygen atoms in total. The van der Waals surface area contributed by atoms with Gasteiger partial charge in [0.2, 0.25) is 5.89 Å². The number of hydrogen-bond acceptors (Lipinski definition) is 4. The number of ether oxygens (including phenoxy) is 1. The topological polar surface area (TPSA) is 61.3 Å². The summed E-state index contributed by atoms with van der Waals surface area (Å²) in [4.78, 5) is 4.21. The Kier molecular flexibility index (Phi) is 5.62. The second kappa shape index (κ2) is 8.67. The van der Waals surface area contributed by atoms with Crippen molar-refractivity contribution in [3.63, 3.8) is 0 Å². The number of anilines is 1. The molecule has 0 aliphatic carbocycles. The number of alkyl halides is 3. The normalized spacial score (nSPS) is 11.7. The van der Waals surface area contributed by atoms with E-state index in [0.717, 1.165) is 18.2 Å². The van der Waals surface area contributed by atoms with Crippen molar-refractivity contribution in [3.05, 3.63) is 90.0 Å². The Balaban J connectivity index is 1.62. The van der Waals surface area contributed by atoms with Gasteiger partial charge in [0.15, 0.2) is 11.4 Å². The molecule has 5 aromatic rings. The molecule has 182 valence electrons. The first-order valence-electron chi connectivity index (χ1n) is 10.7. The summed E-state index contributed by atoms with van der Waals surface area (Å²) < 4.78 is 79.8. The van der Waals surface area contributed by atoms with Gasteiger partial charge in [-0.3, -0.25) is 0 Å². The standard InChI is InChI=1S/C27H17F5N2O2/c1-35-24-13-20(28)19(17-6-3-7-21(33)25(17)29)12-18(24)14-4-2-5-15(10-14)26-34-22-11-16(27(30,31)32)8-9-23(22)36-26/h2-13H,33H2,1H3. The molecule has 0 atom stereocenters. The van der Waals surface area contributed by atoms with Crippen LogP contribution in [-0.2, 0) is 6.18 Å². The molecule has 0 unspecified atom stereocenters. The molecular formula is C27H17F5N2O2. The first-order valence-corrected chi connectivity index (χ1v) is 10.7. The van der Waals surface area contributed by atoms with Crippen LogP contribution in [0, 0.1) is 11.6 Å². The molecular weight excluding hydrogens is 479 g/mol. The van der Waals surface area contributed by atoms with E-state index >= 15 is 0 Å². The van der Waals surface area contributed by atoms with E-state index in [9.17, 15) is 22.0 Å². The third-order valence-electron chi connectivity index (χ3n) is 5.74. The summed E-state index contributed by atoms with van der Waals surface area (Å²) in [6, 6.07) is 16.7. The number of nitrogen functional groups attached to an aromatic ring is 1. The molecule has 0 aliphatic heterocycles. The number of oxazole rings is 1. The molecule has 1 aromatic heterocycles. The van der Waals surface area contributed by atoms with Gasteiger partial charge in [-0.15, -0.1) is 0 Å². The van der Waals surface area contributed by atoms with Crippen molar-refractivity contribution in [2.75, 3.05) is 12.8 Å². The van der Waals surface area contributed by atoms with Gasteiger partial charge in [-0.05, 0) is 48.0 Å². The predicted molar refractivity (Wildman–Crippen MR) is 126 cm³/mol. The molecule has 1 heterocycles. The lowest BCUT2D eigenvalue weighted by atomic mass is 9.96. The van der Waals surface area contributed by atoms with Crippen LogP contribution in [0.1, 0.15) is 5.56 Å². The van der Waals surface area contributed by atoms with Crippen molar-refractivity contribution in [3.8, 4) is 39.5 Å². The van der Waals surface area contributed by atoms with E-state index in [1.165, 1.54) is 37.4 Å². The SMILES string of the molecule is COc1cc(F)c(-c2cccc(N)c2F)cc1-c1cccc(-c2nc3cc(C(F)(F)F)ccc3o2)c1. The minimum atomic E-state index is -4.51. The highest BCUT2D eigenvalue weighted by atomic mass is 19.4. The fourth-order valence-corrected chi connectivity index (χ4v) is 3.96. The summed E-state index contributed by atoms with van der Waals surface area (Å²) in [5.74, 6) is -1.14. The lowest BCUT2D eigenvalue weighted by Gasteiger charge is -2.14. The van der Waals surface area contributed by atoms with Gasteiger partial charge in [0, 0.05) is 28.3 Å². The summed E-state index contributed by atoms with van der Waals surface area (Å²) >= 11 is 0. The molecule has 0 aliphatic rings. The number of aromatic nitrogens is 1. The zero-order valence-electron chi connectivity index (χ0n) is 18.7. The molecule has 5 rings (SSSR count). The number of fused-ring (bicyclic) bond motifs is 1. The molecule has 4 aromatic carbocycles. The van der Waals surface area contributed by atoms with Gasteiger partial charge in [-0.2, -0.15) is 13.2 Å². The summed E-state index contributed by atoms with van der Waals surface area (Å²) in [5, 5.41) is 0. The maximum atomic E-state index is 14.9. The number of nitrogens with zero attached hydrogens (tertiary/aromatic N) is 1. The van der Waals surface area contributed by atoms with E-state index in [1.807, 2.05) is 0 Å². The third-order valence-corrected chi connectivity index (χ3v) is 5.74. The van der Waals surface area contributed by atoms with Crippen molar-refractivity contribution in [1.82, 2.24) is 4.98 Å². The minimum Gasteiger partial charge on any atom is -0.496 e. The highest BCUT2D eigenvalue weighted by Gasteiger charge is 2.31. The van der Waals surface area contributed by atoms with Gasteiger partial charge < -0.3 is 14.9 Å². The van der Waals surface area contributed by atoms with E-state index in [4.69, 9.17) is 14.9 Å². The highest BCUT2D eigenvalue weighted by molar-refractivity contribution is 5.82. The van der Waals surface area contributed by atoms with Crippen LogP contribution in [0.2, 0.25) is 0 Å². The average Bonchev–Trinajstić information content (AvgIpc) is 3.29. The van der Waals surface area contributed by atoms with E-state index in [2.05, 4.69) is 4.98 Å². The number of benzene rings is 4. The molecule has 0 bridgehead atoms. The summed E-state index contributed by atoms with van der Waals surface area (Å²) in [5.41, 5.74) is 6.44. The summed E-state index contributed by atoms with van der Waals surface area (Å²) in [6.45, 7) is 0. The Morgan fingerprint density at radius 1 is 0.833 bits per heavy atom. The highest BCUT2D eigenvalue weighted by Crippen LogP contribution is 2.39. The van der Waals surface area contributed by atoms with Crippen molar-refractivity contribution in [2.24, 2.45) is 0 Å². The second-order valence-electron chi connectivity index (χ2n) is 8.02. The monoisotopic (exact) mass is 496 g/mol. The van der Waals surface area contributed by atoms with Gasteiger partial charge in [-0.1, -0.05) is 24.3 Å². The largest absolute Gasteiger partial charge is 0.496 e. The van der Waals surface area contributed by atoms with Crippen molar-refractivity contribution >= 4 is 16.8 Å². The van der Waals surface area contributed by atoms with Gasteiger partial charge in [0.25, 0.3) is 0 Å². The Bertz CT molecular complexity index is 1610. The fraction of sp³-hybridized carbons (Fsp3) is 0.0741. The number of nitrogens with two attached hydrogens (primary N) is 1. The van der Waals surface area contributed by atoms with Gasteiger partial charge in [-0.25, -0.2) is 13.8 Å². The predicted octanol–water partition coefficient (Wildman–Crippen LogP) is 7.72. The molecule has 2 N–H and O–H groups in total. The third kappa shape index (κ3) is 4.13. The van der Waals surface area contributed by atoms with Crippen LogP contribution in [0.25, 0.3) is 44.8 Å². The van der Waals surface area contributed by atoms with E-state index in [-0.39, 0.29) is 39.6 Å². The minimum absolute atomic E-state index is 0.00743. The van der Waals surface area contributed by atoms with Crippen LogP contribution in [0.3, 0.4) is 0 Å². The molecule has 0 fully saturated rings. The van der Waals surface area contributed by atoms with Gasteiger partial charge in [0.05, 0.1) is 18.4 Å². The maximum absolute atomic E-state index is 14.9. The van der Waals surface area contributed by atoms with Crippen molar-refractivity contribution < 1.29 is 31.1 Å². The van der Waals surface area contributed by atoms with E-state index < -0.39 is 23.4 Å². The van der Waals surface area contributed by atoms with Crippen LogP contribution in [0.15, 0.2) is 77.2 Å². The maximum Gasteiger partial charge on any atom is 0.416 e. The smallest absolute Gasteiger partial charge is 0.416 e. The number of halogens is 5. The Morgan fingerprint density at radius 2 is 1.58 bits per heavy atom. The van der Waals surface area contributed by atoms with Crippen LogP contribution < -0.4 is 10.5 Å². The van der Waals surface area contributed by atoms with Crippen molar-refractivity contribution in [2.45, 2.75) is 6.18 Å². The van der Waals surface area contributed by atoms with E-state index in [1.54, 1.807) is 24.3 Å².